The molecule has 0 saturated heterocycles. The zero-order valence-corrected chi connectivity index (χ0v) is 9.42. The largest absolute Gasteiger partial charge is 0.336 e. The summed E-state index contributed by atoms with van der Waals surface area (Å²) < 4.78 is 0. The standard InChI is InChI=1S/C10H22N2O/c1-6-7-12(9(4)5)10(13)11-8(2)3/h8-9H,6-7H2,1-5H3,(H,11,13). The van der Waals surface area contributed by atoms with Gasteiger partial charge in [-0.2, -0.15) is 0 Å². The van der Waals surface area contributed by atoms with Crippen molar-refractivity contribution in [1.29, 1.82) is 0 Å². The molecule has 0 spiro atoms. The van der Waals surface area contributed by atoms with Crippen molar-refractivity contribution >= 4 is 6.03 Å². The smallest absolute Gasteiger partial charge is 0.317 e. The van der Waals surface area contributed by atoms with Crippen LogP contribution in [0.4, 0.5) is 4.79 Å². The number of hydrogen-bond acceptors (Lipinski definition) is 1. The molecule has 78 valence electrons. The van der Waals surface area contributed by atoms with Gasteiger partial charge in [-0.15, -0.1) is 0 Å². The van der Waals surface area contributed by atoms with E-state index in [-0.39, 0.29) is 18.1 Å². The SMILES string of the molecule is CCCN(C(=O)NC(C)C)C(C)C. The van der Waals surface area contributed by atoms with Crippen LogP contribution in [0.15, 0.2) is 0 Å². The maximum atomic E-state index is 11.6. The second-order valence-corrected chi connectivity index (χ2v) is 3.89. The zero-order chi connectivity index (χ0) is 10.4. The molecule has 1 N–H and O–H groups in total. The van der Waals surface area contributed by atoms with Crippen LogP contribution in [0.5, 0.6) is 0 Å². The van der Waals surface area contributed by atoms with Gasteiger partial charge in [0.1, 0.15) is 0 Å². The predicted octanol–water partition coefficient (Wildman–Crippen LogP) is 2.22. The highest BCUT2D eigenvalue weighted by Crippen LogP contribution is 2.00. The number of carbonyl (C=O) groups excluding carboxylic acids is 1. The fourth-order valence-electron chi connectivity index (χ4n) is 1.17. The van der Waals surface area contributed by atoms with Gasteiger partial charge in [0.05, 0.1) is 0 Å². The summed E-state index contributed by atoms with van der Waals surface area (Å²) in [7, 11) is 0. The predicted molar refractivity (Wildman–Crippen MR) is 55.8 cm³/mol. The van der Waals surface area contributed by atoms with E-state index in [4.69, 9.17) is 0 Å². The molecule has 0 aliphatic rings. The Morgan fingerprint density at radius 1 is 1.31 bits per heavy atom. The van der Waals surface area contributed by atoms with Gasteiger partial charge in [-0.05, 0) is 34.1 Å². The quantitative estimate of drug-likeness (QED) is 0.717. The molecule has 13 heavy (non-hydrogen) atoms. The van der Waals surface area contributed by atoms with Crippen molar-refractivity contribution in [2.75, 3.05) is 6.54 Å². The average molecular weight is 186 g/mol. The number of hydrogen-bond donors (Lipinski definition) is 1. The van der Waals surface area contributed by atoms with Gasteiger partial charge in [0.15, 0.2) is 0 Å². The number of rotatable bonds is 4. The monoisotopic (exact) mass is 186 g/mol. The Hall–Kier alpha value is -0.730. The Morgan fingerprint density at radius 3 is 2.15 bits per heavy atom. The molecule has 3 nitrogen and oxygen atoms in total. The molecule has 0 rings (SSSR count). The summed E-state index contributed by atoms with van der Waals surface area (Å²) in [6.45, 7) is 10.9. The van der Waals surface area contributed by atoms with Crippen molar-refractivity contribution in [2.45, 2.75) is 53.1 Å². The molecule has 0 radical (unpaired) electrons. The molecule has 0 aromatic carbocycles. The topological polar surface area (TPSA) is 32.3 Å². The normalized spacial score (nSPS) is 10.7. The van der Waals surface area contributed by atoms with Gasteiger partial charge >= 0.3 is 6.03 Å². The van der Waals surface area contributed by atoms with Gasteiger partial charge in [0.25, 0.3) is 0 Å². The fourth-order valence-corrected chi connectivity index (χ4v) is 1.17. The van der Waals surface area contributed by atoms with Crippen molar-refractivity contribution < 1.29 is 4.79 Å². The minimum Gasteiger partial charge on any atom is -0.336 e. The van der Waals surface area contributed by atoms with E-state index in [0.717, 1.165) is 13.0 Å². The summed E-state index contributed by atoms with van der Waals surface area (Å²) in [6.07, 6.45) is 1.00. The van der Waals surface area contributed by atoms with E-state index in [2.05, 4.69) is 12.2 Å². The molecule has 0 aromatic rings. The van der Waals surface area contributed by atoms with Crippen LogP contribution in [0.1, 0.15) is 41.0 Å². The maximum absolute atomic E-state index is 11.6. The molecule has 0 saturated carbocycles. The highest BCUT2D eigenvalue weighted by atomic mass is 16.2. The number of urea groups is 1. The van der Waals surface area contributed by atoms with Gasteiger partial charge in [-0.1, -0.05) is 6.92 Å². The lowest BCUT2D eigenvalue weighted by Gasteiger charge is -2.27. The molecular formula is C10H22N2O. The van der Waals surface area contributed by atoms with Crippen molar-refractivity contribution in [3.8, 4) is 0 Å². The second-order valence-electron chi connectivity index (χ2n) is 3.89. The first-order valence-electron chi connectivity index (χ1n) is 5.06. The van der Waals surface area contributed by atoms with Crippen LogP contribution in [-0.2, 0) is 0 Å². The number of nitrogens with zero attached hydrogens (tertiary/aromatic N) is 1. The van der Waals surface area contributed by atoms with Crippen molar-refractivity contribution in [2.24, 2.45) is 0 Å². The molecule has 0 unspecified atom stereocenters. The average Bonchev–Trinajstić information content (AvgIpc) is 1.97. The van der Waals surface area contributed by atoms with Crippen molar-refractivity contribution in [3.63, 3.8) is 0 Å². The maximum Gasteiger partial charge on any atom is 0.317 e. The minimum absolute atomic E-state index is 0.0480. The molecule has 0 atom stereocenters. The van der Waals surface area contributed by atoms with Gasteiger partial charge in [0.2, 0.25) is 0 Å². The lowest BCUT2D eigenvalue weighted by atomic mass is 10.3. The van der Waals surface area contributed by atoms with Crippen molar-refractivity contribution in [1.82, 2.24) is 10.2 Å². The van der Waals surface area contributed by atoms with Crippen LogP contribution in [0, 0.1) is 0 Å². The van der Waals surface area contributed by atoms with Crippen molar-refractivity contribution in [3.05, 3.63) is 0 Å². The summed E-state index contributed by atoms with van der Waals surface area (Å²) >= 11 is 0. The summed E-state index contributed by atoms with van der Waals surface area (Å²) in [6, 6.07) is 0.538. The van der Waals surface area contributed by atoms with E-state index < -0.39 is 0 Å². The lowest BCUT2D eigenvalue weighted by Crippen LogP contribution is -2.46. The van der Waals surface area contributed by atoms with Crippen LogP contribution in [-0.4, -0.2) is 29.6 Å². The van der Waals surface area contributed by atoms with E-state index >= 15 is 0 Å². The summed E-state index contributed by atoms with van der Waals surface area (Å²) in [4.78, 5) is 13.5. The highest BCUT2D eigenvalue weighted by molar-refractivity contribution is 5.74. The Bertz CT molecular complexity index is 155. The third-order valence-electron chi connectivity index (χ3n) is 1.76. The van der Waals surface area contributed by atoms with Crippen LogP contribution in [0.3, 0.4) is 0 Å². The Labute approximate surface area is 81.5 Å². The fraction of sp³-hybridized carbons (Fsp3) is 0.900. The molecule has 0 heterocycles. The van der Waals surface area contributed by atoms with E-state index in [0.29, 0.717) is 0 Å². The van der Waals surface area contributed by atoms with E-state index in [1.165, 1.54) is 0 Å². The number of carbonyl (C=O) groups is 1. The number of nitrogens with one attached hydrogen (secondary N) is 1. The van der Waals surface area contributed by atoms with Crippen LogP contribution < -0.4 is 5.32 Å². The minimum atomic E-state index is 0.0480. The third-order valence-corrected chi connectivity index (χ3v) is 1.76. The first-order chi connectivity index (χ1) is 5.99. The van der Waals surface area contributed by atoms with Gasteiger partial charge in [0, 0.05) is 18.6 Å². The zero-order valence-electron chi connectivity index (χ0n) is 9.42. The van der Waals surface area contributed by atoms with E-state index in [1.807, 2.05) is 32.6 Å². The van der Waals surface area contributed by atoms with Crippen LogP contribution in [0.25, 0.3) is 0 Å². The summed E-state index contributed by atoms with van der Waals surface area (Å²) in [5.41, 5.74) is 0. The van der Waals surface area contributed by atoms with Gasteiger partial charge in [-0.3, -0.25) is 0 Å². The van der Waals surface area contributed by atoms with Gasteiger partial charge < -0.3 is 10.2 Å². The number of amides is 2. The molecule has 0 aliphatic heterocycles. The third kappa shape index (κ3) is 4.76. The first kappa shape index (κ1) is 12.3. The highest BCUT2D eigenvalue weighted by Gasteiger charge is 2.15. The Morgan fingerprint density at radius 2 is 1.85 bits per heavy atom. The Balaban J connectivity index is 4.11. The summed E-state index contributed by atoms with van der Waals surface area (Å²) in [5.74, 6) is 0. The molecule has 0 bridgehead atoms. The molecule has 0 fully saturated rings. The van der Waals surface area contributed by atoms with Gasteiger partial charge in [-0.25, -0.2) is 4.79 Å². The van der Waals surface area contributed by atoms with Crippen LogP contribution in [0.2, 0.25) is 0 Å². The molecule has 0 aromatic heterocycles. The Kier molecular flexibility index (Phi) is 5.51. The second kappa shape index (κ2) is 5.84. The van der Waals surface area contributed by atoms with Crippen LogP contribution >= 0.6 is 0 Å². The van der Waals surface area contributed by atoms with E-state index in [1.54, 1.807) is 0 Å². The molecule has 3 heteroatoms. The first-order valence-corrected chi connectivity index (χ1v) is 5.06. The lowest BCUT2D eigenvalue weighted by molar-refractivity contribution is 0.181. The molecular weight excluding hydrogens is 164 g/mol. The molecule has 0 aliphatic carbocycles. The molecule has 2 amide bonds. The summed E-state index contributed by atoms with van der Waals surface area (Å²) in [5, 5.41) is 2.90. The van der Waals surface area contributed by atoms with E-state index in [9.17, 15) is 4.79 Å².